The summed E-state index contributed by atoms with van der Waals surface area (Å²) in [6.45, 7) is 18.4. The molecule has 3 saturated carbocycles. The number of hydrogen-bond acceptors (Lipinski definition) is 7. The summed E-state index contributed by atoms with van der Waals surface area (Å²) >= 11 is 0. The quantitative estimate of drug-likeness (QED) is 0.423. The number of rotatable bonds is 7. The van der Waals surface area contributed by atoms with Crippen molar-refractivity contribution in [1.82, 2.24) is 20.2 Å². The number of hydrogen-bond donors (Lipinski definition) is 2. The molecule has 5 aliphatic rings. The molecule has 9 heteroatoms. The van der Waals surface area contributed by atoms with E-state index in [0.717, 1.165) is 38.5 Å². The van der Waals surface area contributed by atoms with Crippen LogP contribution in [0.5, 0.6) is 0 Å². The largest absolute Gasteiger partial charge is 0.481 e. The molecule has 0 unspecified atom stereocenters. The molecule has 1 aromatic rings. The number of carboxylic acid groups (broad SMARTS) is 1. The first-order chi connectivity index (χ1) is 19.8. The van der Waals surface area contributed by atoms with Gasteiger partial charge in [0.05, 0.1) is 31.8 Å². The van der Waals surface area contributed by atoms with Gasteiger partial charge in [-0.05, 0) is 89.1 Å². The Labute approximate surface area is 251 Å². The van der Waals surface area contributed by atoms with Crippen molar-refractivity contribution >= 4 is 5.97 Å². The van der Waals surface area contributed by atoms with Crippen molar-refractivity contribution in [3.05, 3.63) is 18.0 Å². The molecular formula is C33H53N5O4. The zero-order valence-corrected chi connectivity index (χ0v) is 26.8. The highest BCUT2D eigenvalue weighted by atomic mass is 16.5. The standard InChI is InChI=1S/C33H53N5O4/c1-20(2)21(3)30(5)12-13-31(6)22-8-9-25-29(4)16-24(38-36-19-35-37-38)27(42-15-14-34)33(25,18-41-17-29)23(22)10-11-32(31,7)26(30)28(39)40/h10,19-22,24-27H,8-9,11-18,34H2,1-7H3,(H,39,40)/t21-,22+,24-,25-,26-,27+,29-,30-,31-,32+,33+/m1/s1. The summed E-state index contributed by atoms with van der Waals surface area (Å²) in [6.07, 6.45) is 9.54. The van der Waals surface area contributed by atoms with Crippen LogP contribution in [0.15, 0.2) is 18.0 Å². The van der Waals surface area contributed by atoms with E-state index in [2.05, 4.69) is 70.0 Å². The minimum absolute atomic E-state index is 0.0476. The van der Waals surface area contributed by atoms with Gasteiger partial charge in [-0.2, -0.15) is 4.80 Å². The summed E-state index contributed by atoms with van der Waals surface area (Å²) in [4.78, 5) is 15.1. The van der Waals surface area contributed by atoms with Gasteiger partial charge in [-0.15, -0.1) is 10.2 Å². The molecule has 1 aliphatic heterocycles. The molecule has 0 aromatic carbocycles. The van der Waals surface area contributed by atoms with E-state index in [-0.39, 0.29) is 45.1 Å². The second kappa shape index (κ2) is 10.1. The first kappa shape index (κ1) is 30.2. The lowest BCUT2D eigenvalue weighted by atomic mass is 9.34. The normalized spacial score (nSPS) is 47.2. The van der Waals surface area contributed by atoms with Gasteiger partial charge in [-0.1, -0.05) is 60.1 Å². The Morgan fingerprint density at radius 1 is 1.17 bits per heavy atom. The maximum atomic E-state index is 13.4. The molecule has 2 heterocycles. The Balaban J connectivity index is 1.50. The lowest BCUT2D eigenvalue weighted by Gasteiger charge is -2.71. The fourth-order valence-electron chi connectivity index (χ4n) is 11.6. The topological polar surface area (TPSA) is 125 Å². The van der Waals surface area contributed by atoms with E-state index >= 15 is 0 Å². The average molecular weight is 584 g/mol. The highest BCUT2D eigenvalue weighted by Crippen LogP contribution is 2.75. The second-order valence-corrected chi connectivity index (χ2v) is 16.0. The van der Waals surface area contributed by atoms with Crippen LogP contribution in [-0.4, -0.2) is 63.8 Å². The molecule has 11 atom stereocenters. The van der Waals surface area contributed by atoms with E-state index in [1.54, 1.807) is 4.80 Å². The van der Waals surface area contributed by atoms with Gasteiger partial charge < -0.3 is 20.3 Å². The van der Waals surface area contributed by atoms with Gasteiger partial charge in [0.1, 0.15) is 6.04 Å². The molecular weight excluding hydrogens is 530 g/mol. The minimum Gasteiger partial charge on any atom is -0.481 e. The first-order valence-corrected chi connectivity index (χ1v) is 16.4. The third-order valence-electron chi connectivity index (χ3n) is 14.1. The molecule has 3 N–H and O–H groups in total. The highest BCUT2D eigenvalue weighted by Gasteiger charge is 2.72. The van der Waals surface area contributed by atoms with Crippen LogP contribution in [-0.2, 0) is 14.3 Å². The van der Waals surface area contributed by atoms with Crippen LogP contribution in [0.2, 0.25) is 0 Å². The Kier molecular flexibility index (Phi) is 7.26. The van der Waals surface area contributed by atoms with Gasteiger partial charge in [0, 0.05) is 12.0 Å². The van der Waals surface area contributed by atoms with E-state index in [9.17, 15) is 9.90 Å². The monoisotopic (exact) mass is 583 g/mol. The van der Waals surface area contributed by atoms with E-state index < -0.39 is 11.9 Å². The van der Waals surface area contributed by atoms with Crippen LogP contribution in [0.3, 0.4) is 0 Å². The molecule has 6 rings (SSSR count). The van der Waals surface area contributed by atoms with Crippen LogP contribution in [0, 0.1) is 56.7 Å². The molecule has 4 aliphatic carbocycles. The van der Waals surface area contributed by atoms with E-state index in [0.29, 0.717) is 44.1 Å². The predicted octanol–water partition coefficient (Wildman–Crippen LogP) is 5.15. The van der Waals surface area contributed by atoms with Crippen molar-refractivity contribution in [1.29, 1.82) is 0 Å². The zero-order valence-electron chi connectivity index (χ0n) is 26.8. The highest BCUT2D eigenvalue weighted by molar-refractivity contribution is 5.73. The van der Waals surface area contributed by atoms with Crippen LogP contribution >= 0.6 is 0 Å². The van der Waals surface area contributed by atoms with E-state index in [1.165, 1.54) is 11.9 Å². The molecule has 0 amide bonds. The van der Waals surface area contributed by atoms with Crippen molar-refractivity contribution in [2.24, 2.45) is 62.4 Å². The predicted molar refractivity (Wildman–Crippen MR) is 159 cm³/mol. The summed E-state index contributed by atoms with van der Waals surface area (Å²) in [6, 6.07) is -0.0710. The lowest BCUT2D eigenvalue weighted by molar-refractivity contribution is -0.252. The summed E-state index contributed by atoms with van der Waals surface area (Å²) in [5.41, 5.74) is 6.31. The third-order valence-corrected chi connectivity index (χ3v) is 14.1. The number of aliphatic carboxylic acids is 1. The van der Waals surface area contributed by atoms with Crippen molar-refractivity contribution in [2.45, 2.75) is 99.1 Å². The maximum absolute atomic E-state index is 13.4. The molecule has 234 valence electrons. The van der Waals surface area contributed by atoms with Gasteiger partial charge >= 0.3 is 5.97 Å². The number of allylic oxidation sites excluding steroid dienone is 1. The van der Waals surface area contributed by atoms with Crippen molar-refractivity contribution in [3.63, 3.8) is 0 Å². The number of carbonyl (C=O) groups is 1. The van der Waals surface area contributed by atoms with Crippen LogP contribution in [0.25, 0.3) is 0 Å². The smallest absolute Gasteiger partial charge is 0.307 e. The Bertz CT molecular complexity index is 1220. The molecule has 1 aromatic heterocycles. The van der Waals surface area contributed by atoms with E-state index in [4.69, 9.17) is 15.2 Å². The number of fused-ring (bicyclic) bond motifs is 3. The third kappa shape index (κ3) is 3.84. The van der Waals surface area contributed by atoms with Gasteiger partial charge in [-0.3, -0.25) is 4.79 Å². The maximum Gasteiger partial charge on any atom is 0.307 e. The molecule has 4 fully saturated rings. The Morgan fingerprint density at radius 3 is 2.57 bits per heavy atom. The van der Waals surface area contributed by atoms with Gasteiger partial charge in [0.25, 0.3) is 0 Å². The number of aromatic nitrogens is 4. The number of carboxylic acids is 1. The molecule has 0 spiro atoms. The summed E-state index contributed by atoms with van der Waals surface area (Å²) in [7, 11) is 0. The molecule has 42 heavy (non-hydrogen) atoms. The number of nitrogens with two attached hydrogens (primary N) is 1. The Morgan fingerprint density at radius 2 is 1.93 bits per heavy atom. The fraction of sp³-hybridized carbons (Fsp3) is 0.879. The van der Waals surface area contributed by atoms with Gasteiger partial charge in [-0.25, -0.2) is 0 Å². The van der Waals surface area contributed by atoms with E-state index in [1.807, 2.05) is 0 Å². The SMILES string of the molecule is CC(C)[C@@H](C)[C@@]1(C)CC[C@]2(C)[C@H]3CC[C@@H]4[C@@]5(C)COC[C@@]4(C3=CC[C@@]2(C)[C@@H]1C(=O)O)[C@@H](OCCN)[C@H](n1ncnn1)C5. The molecule has 1 saturated heterocycles. The fourth-order valence-corrected chi connectivity index (χ4v) is 11.6. The number of nitrogens with zero attached hydrogens (tertiary/aromatic N) is 4. The zero-order chi connectivity index (χ0) is 30.3. The lowest BCUT2D eigenvalue weighted by Crippen LogP contribution is -2.70. The minimum atomic E-state index is -0.630. The van der Waals surface area contributed by atoms with Crippen LogP contribution in [0.1, 0.15) is 93.0 Å². The average Bonchev–Trinajstić information content (AvgIpc) is 3.47. The summed E-state index contributed by atoms with van der Waals surface area (Å²) < 4.78 is 13.3. The summed E-state index contributed by atoms with van der Waals surface area (Å²) in [5.74, 6) is 0.374. The molecule has 9 nitrogen and oxygen atoms in total. The molecule has 0 radical (unpaired) electrons. The van der Waals surface area contributed by atoms with Crippen molar-refractivity contribution in [3.8, 4) is 0 Å². The second-order valence-electron chi connectivity index (χ2n) is 16.0. The molecule has 2 bridgehead atoms. The van der Waals surface area contributed by atoms with Crippen molar-refractivity contribution < 1.29 is 19.4 Å². The first-order valence-electron chi connectivity index (χ1n) is 16.4. The van der Waals surface area contributed by atoms with Gasteiger partial charge in [0.15, 0.2) is 6.33 Å². The number of ether oxygens (including phenoxy) is 2. The summed E-state index contributed by atoms with van der Waals surface area (Å²) in [5, 5.41) is 23.9. The van der Waals surface area contributed by atoms with Crippen LogP contribution in [0.4, 0.5) is 0 Å². The number of tetrazole rings is 1. The van der Waals surface area contributed by atoms with Gasteiger partial charge in [0.2, 0.25) is 0 Å². The Hall–Kier alpha value is -1.84. The van der Waals surface area contributed by atoms with Crippen molar-refractivity contribution in [2.75, 3.05) is 26.4 Å². The van der Waals surface area contributed by atoms with Crippen LogP contribution < -0.4 is 5.73 Å².